The molecule has 1 N–H and O–H groups in total. The number of rotatable bonds is 9. The van der Waals surface area contributed by atoms with E-state index in [9.17, 15) is 24.3 Å². The van der Waals surface area contributed by atoms with Gasteiger partial charge >= 0.3 is 0 Å². The first-order valence-electron chi connectivity index (χ1n) is 21.2. The summed E-state index contributed by atoms with van der Waals surface area (Å²) in [5, 5.41) is 12.2. The standard InChI is InChI=1S/C46H58FN3O5/c1-44-19-15-32(51)28-31(44)12-13-35-37(44)16-20-45(2)38(35)17-21-46(45,55)18-7-3-4-10-42(53)49-22-24-50(25-23-49)43(54)36-26-30(11-14-39(36)47)27-40-33-8-5-6-9-34(33)41(52)29-48-40/h5-6,8-9,11,14,26,31,35,37-38,55H,3-4,7,10,12-13,15-25,27-29H2,1-2H3/t31-,35+,37-,38-,44-,45-,46-/m1/s1. The zero-order valence-corrected chi connectivity index (χ0v) is 32.8. The average molecular weight is 752 g/mol. The van der Waals surface area contributed by atoms with Gasteiger partial charge in [-0.1, -0.05) is 57.0 Å². The van der Waals surface area contributed by atoms with Crippen LogP contribution >= 0.6 is 0 Å². The molecule has 6 aliphatic rings. The highest BCUT2D eigenvalue weighted by Gasteiger charge is 2.64. The van der Waals surface area contributed by atoms with Crippen molar-refractivity contribution in [3.05, 3.63) is 70.5 Å². The molecule has 2 amide bonds. The van der Waals surface area contributed by atoms with Gasteiger partial charge in [-0.25, -0.2) is 4.39 Å². The molecule has 0 radical (unpaired) electrons. The smallest absolute Gasteiger partial charge is 0.256 e. The molecule has 7 atom stereocenters. The van der Waals surface area contributed by atoms with Gasteiger partial charge < -0.3 is 14.9 Å². The SMILES string of the molecule is C[C@@]12CCC(=O)C[C@H]1CC[C@H]1[C@H]2CC[C@]2(C)[C@@H]1CC[C@]2(O)CCCCCC(=O)N1CCN(C(=O)c2cc(CC3=NCC(=O)c4ccccc43)ccc2F)CC1. The highest BCUT2D eigenvalue weighted by Crippen LogP contribution is 2.68. The van der Waals surface area contributed by atoms with Crippen molar-refractivity contribution in [2.24, 2.45) is 39.5 Å². The third kappa shape index (κ3) is 6.91. The molecule has 0 aromatic heterocycles. The highest BCUT2D eigenvalue weighted by atomic mass is 19.1. The molecule has 294 valence electrons. The van der Waals surface area contributed by atoms with Crippen molar-refractivity contribution in [3.8, 4) is 0 Å². The molecule has 2 aliphatic heterocycles. The van der Waals surface area contributed by atoms with Gasteiger partial charge in [-0.3, -0.25) is 24.2 Å². The summed E-state index contributed by atoms with van der Waals surface area (Å²) in [5.41, 5.74) is 2.50. The van der Waals surface area contributed by atoms with E-state index in [2.05, 4.69) is 18.8 Å². The molecule has 2 aromatic carbocycles. The molecule has 8 nitrogen and oxygen atoms in total. The van der Waals surface area contributed by atoms with Crippen LogP contribution in [0.5, 0.6) is 0 Å². The molecule has 4 aliphatic carbocycles. The van der Waals surface area contributed by atoms with Crippen molar-refractivity contribution < 1.29 is 28.7 Å². The third-order valence-electron chi connectivity index (χ3n) is 15.8. The fourth-order valence-electron chi connectivity index (χ4n) is 12.4. The molecule has 9 heteroatoms. The largest absolute Gasteiger partial charge is 0.389 e. The van der Waals surface area contributed by atoms with Crippen LogP contribution in [0.1, 0.15) is 136 Å². The van der Waals surface area contributed by atoms with E-state index in [-0.39, 0.29) is 40.5 Å². The Labute approximate surface area is 325 Å². The average Bonchev–Trinajstić information content (AvgIpc) is 3.46. The molecule has 0 spiro atoms. The molecular weight excluding hydrogens is 694 g/mol. The lowest BCUT2D eigenvalue weighted by Gasteiger charge is -2.61. The number of aliphatic hydroxyl groups is 1. The van der Waals surface area contributed by atoms with Crippen molar-refractivity contribution in [2.45, 2.75) is 116 Å². The van der Waals surface area contributed by atoms with Crippen molar-refractivity contribution >= 4 is 29.1 Å². The molecule has 2 aromatic rings. The number of fused-ring (bicyclic) bond motifs is 6. The van der Waals surface area contributed by atoms with E-state index in [1.54, 1.807) is 23.1 Å². The van der Waals surface area contributed by atoms with Crippen LogP contribution < -0.4 is 0 Å². The Bertz CT molecular complexity index is 1890. The molecule has 4 saturated carbocycles. The van der Waals surface area contributed by atoms with E-state index >= 15 is 4.39 Å². The Morgan fingerprint density at radius 1 is 0.873 bits per heavy atom. The van der Waals surface area contributed by atoms with E-state index in [1.807, 2.05) is 23.1 Å². The summed E-state index contributed by atoms with van der Waals surface area (Å²) in [6.45, 7) is 6.48. The summed E-state index contributed by atoms with van der Waals surface area (Å²) >= 11 is 0. The maximum atomic E-state index is 15.0. The summed E-state index contributed by atoms with van der Waals surface area (Å²) < 4.78 is 15.0. The molecule has 8 rings (SSSR count). The lowest BCUT2D eigenvalue weighted by atomic mass is 9.44. The molecular formula is C46H58FN3O5. The van der Waals surface area contributed by atoms with Crippen molar-refractivity contribution in [3.63, 3.8) is 0 Å². The molecule has 1 saturated heterocycles. The predicted octanol–water partition coefficient (Wildman–Crippen LogP) is 7.63. The van der Waals surface area contributed by atoms with E-state index in [0.717, 1.165) is 81.0 Å². The third-order valence-corrected chi connectivity index (χ3v) is 15.8. The minimum absolute atomic E-state index is 0.0127. The summed E-state index contributed by atoms with van der Waals surface area (Å²) in [4.78, 5) is 59.2. The molecule has 5 fully saturated rings. The van der Waals surface area contributed by atoms with Gasteiger partial charge in [0, 0.05) is 68.7 Å². The maximum absolute atomic E-state index is 15.0. The number of carbonyl (C=O) groups excluding carboxylic acids is 4. The Morgan fingerprint density at radius 3 is 2.42 bits per heavy atom. The summed E-state index contributed by atoms with van der Waals surface area (Å²) in [7, 11) is 0. The monoisotopic (exact) mass is 751 g/mol. The minimum Gasteiger partial charge on any atom is -0.389 e. The van der Waals surface area contributed by atoms with Crippen LogP contribution in [0.4, 0.5) is 4.39 Å². The van der Waals surface area contributed by atoms with Gasteiger partial charge in [0.2, 0.25) is 5.91 Å². The van der Waals surface area contributed by atoms with Gasteiger partial charge in [0.25, 0.3) is 5.91 Å². The molecule has 0 unspecified atom stereocenters. The first-order valence-corrected chi connectivity index (χ1v) is 21.2. The number of hydrogen-bond donors (Lipinski definition) is 1. The molecule has 0 bridgehead atoms. The van der Waals surface area contributed by atoms with Gasteiger partial charge in [0.15, 0.2) is 5.78 Å². The zero-order valence-electron chi connectivity index (χ0n) is 32.8. The number of piperazine rings is 1. The maximum Gasteiger partial charge on any atom is 0.256 e. The minimum atomic E-state index is -0.648. The molecule has 2 heterocycles. The highest BCUT2D eigenvalue weighted by molar-refractivity contribution is 6.15. The zero-order chi connectivity index (χ0) is 38.5. The normalized spacial score (nSPS) is 33.0. The Morgan fingerprint density at radius 2 is 1.62 bits per heavy atom. The number of halogens is 1. The number of amides is 2. The van der Waals surface area contributed by atoms with Crippen LogP contribution in [-0.4, -0.2) is 82.3 Å². The van der Waals surface area contributed by atoms with Crippen LogP contribution in [0.25, 0.3) is 0 Å². The van der Waals surface area contributed by atoms with Crippen LogP contribution in [0.15, 0.2) is 47.5 Å². The number of aliphatic imine (C=N–C) groups is 1. The van der Waals surface area contributed by atoms with E-state index in [0.29, 0.717) is 74.0 Å². The van der Waals surface area contributed by atoms with E-state index in [1.165, 1.54) is 25.3 Å². The van der Waals surface area contributed by atoms with Crippen LogP contribution in [0.2, 0.25) is 0 Å². The quantitative estimate of drug-likeness (QED) is 0.265. The number of hydrogen-bond acceptors (Lipinski definition) is 6. The lowest BCUT2D eigenvalue weighted by Crippen LogP contribution is -2.56. The second-order valence-electron chi connectivity index (χ2n) is 18.4. The summed E-state index contributed by atoms with van der Waals surface area (Å²) in [5.74, 6) is 2.01. The summed E-state index contributed by atoms with van der Waals surface area (Å²) in [6, 6.07) is 11.9. The van der Waals surface area contributed by atoms with E-state index in [4.69, 9.17) is 0 Å². The number of Topliss-reactive ketones (excluding diaryl/α,β-unsaturated/α-hetero) is 2. The second-order valence-corrected chi connectivity index (χ2v) is 18.4. The number of benzene rings is 2. The topological polar surface area (TPSA) is 107 Å². The van der Waals surface area contributed by atoms with Gasteiger partial charge in [-0.05, 0) is 110 Å². The van der Waals surface area contributed by atoms with Crippen LogP contribution in [0.3, 0.4) is 0 Å². The number of carbonyl (C=O) groups is 4. The van der Waals surface area contributed by atoms with Crippen molar-refractivity contribution in [2.75, 3.05) is 32.7 Å². The van der Waals surface area contributed by atoms with Crippen LogP contribution in [-0.2, 0) is 16.0 Å². The second kappa shape index (κ2) is 15.0. The summed E-state index contributed by atoms with van der Waals surface area (Å²) in [6.07, 6.45) is 13.4. The Balaban J connectivity index is 0.788. The fraction of sp³-hybridized carbons (Fsp3) is 0.630. The van der Waals surface area contributed by atoms with Crippen molar-refractivity contribution in [1.29, 1.82) is 0 Å². The first kappa shape index (κ1) is 38.2. The first-order chi connectivity index (χ1) is 26.4. The van der Waals surface area contributed by atoms with Gasteiger partial charge in [-0.15, -0.1) is 0 Å². The van der Waals surface area contributed by atoms with E-state index < -0.39 is 11.4 Å². The van der Waals surface area contributed by atoms with Crippen LogP contribution in [0, 0.1) is 40.3 Å². The van der Waals surface area contributed by atoms with Gasteiger partial charge in [0.05, 0.1) is 11.2 Å². The fourth-order valence-corrected chi connectivity index (χ4v) is 12.4. The number of ketones is 2. The Kier molecular flexibility index (Phi) is 10.4. The molecule has 55 heavy (non-hydrogen) atoms. The predicted molar refractivity (Wildman–Crippen MR) is 210 cm³/mol. The Hall–Kier alpha value is -3.72. The number of nitrogens with zero attached hydrogens (tertiary/aromatic N) is 3. The van der Waals surface area contributed by atoms with Gasteiger partial charge in [0.1, 0.15) is 18.1 Å². The van der Waals surface area contributed by atoms with Gasteiger partial charge in [-0.2, -0.15) is 0 Å². The number of unbranched alkanes of at least 4 members (excludes halogenated alkanes) is 2. The van der Waals surface area contributed by atoms with Crippen molar-refractivity contribution in [1.82, 2.24) is 9.80 Å². The lowest BCUT2D eigenvalue weighted by molar-refractivity contribution is -0.158.